The van der Waals surface area contributed by atoms with Crippen molar-refractivity contribution in [3.63, 3.8) is 0 Å². The first kappa shape index (κ1) is 15.0. The lowest BCUT2D eigenvalue weighted by Gasteiger charge is -2.19. The molecule has 0 aliphatic rings. The van der Waals surface area contributed by atoms with E-state index in [1.165, 1.54) is 4.90 Å². The van der Waals surface area contributed by atoms with Crippen molar-refractivity contribution >= 4 is 17.6 Å². The van der Waals surface area contributed by atoms with E-state index in [9.17, 15) is 9.59 Å². The summed E-state index contributed by atoms with van der Waals surface area (Å²) < 4.78 is 0. The van der Waals surface area contributed by atoms with Crippen LogP contribution < -0.4 is 10.6 Å². The molecule has 104 valence electrons. The zero-order valence-corrected chi connectivity index (χ0v) is 11.1. The number of para-hydroxylation sites is 1. The average molecular weight is 265 g/mol. The molecule has 1 unspecified atom stereocenters. The highest BCUT2D eigenvalue weighted by molar-refractivity contribution is 5.92. The minimum atomic E-state index is -0.591. The number of rotatable bonds is 5. The maximum Gasteiger partial charge on any atom is 0.319 e. The van der Waals surface area contributed by atoms with Crippen LogP contribution in [0, 0.1) is 0 Å². The summed E-state index contributed by atoms with van der Waals surface area (Å²) in [4.78, 5) is 24.5. The quantitative estimate of drug-likeness (QED) is 0.731. The third kappa shape index (κ3) is 5.87. The average Bonchev–Trinajstić information content (AvgIpc) is 2.36. The van der Waals surface area contributed by atoms with Crippen LogP contribution in [0.5, 0.6) is 0 Å². The van der Waals surface area contributed by atoms with Gasteiger partial charge in [-0.15, -0.1) is 0 Å². The van der Waals surface area contributed by atoms with Gasteiger partial charge >= 0.3 is 6.03 Å². The van der Waals surface area contributed by atoms with E-state index < -0.39 is 12.1 Å². The number of aliphatic hydroxyl groups excluding tert-OH is 1. The number of hydrogen-bond donors (Lipinski definition) is 3. The molecule has 0 bridgehead atoms. The smallest absolute Gasteiger partial charge is 0.319 e. The van der Waals surface area contributed by atoms with Crippen LogP contribution in [0.15, 0.2) is 30.3 Å². The topological polar surface area (TPSA) is 81.7 Å². The third-order valence-corrected chi connectivity index (χ3v) is 2.40. The maximum atomic E-state index is 11.6. The number of likely N-dealkylation sites (N-methyl/N-ethyl adjacent to an activating group) is 1. The molecule has 0 radical (unpaired) electrons. The Morgan fingerprint density at radius 2 is 1.95 bits per heavy atom. The first-order valence-electron chi connectivity index (χ1n) is 6.01. The van der Waals surface area contributed by atoms with Crippen LogP contribution in [0.4, 0.5) is 10.5 Å². The molecular formula is C13H19N3O3. The molecule has 0 saturated carbocycles. The van der Waals surface area contributed by atoms with E-state index >= 15 is 0 Å². The van der Waals surface area contributed by atoms with Gasteiger partial charge in [-0.25, -0.2) is 4.79 Å². The lowest BCUT2D eigenvalue weighted by molar-refractivity contribution is -0.129. The highest BCUT2D eigenvalue weighted by atomic mass is 16.3. The fourth-order valence-electron chi connectivity index (χ4n) is 1.49. The van der Waals surface area contributed by atoms with Crippen molar-refractivity contribution in [2.75, 3.05) is 25.5 Å². The SMILES string of the molecule is CC(O)CN(C)C(=O)CNC(=O)Nc1ccccc1. The molecule has 0 spiro atoms. The van der Waals surface area contributed by atoms with Crippen LogP contribution in [-0.4, -0.2) is 48.2 Å². The largest absolute Gasteiger partial charge is 0.392 e. The fourth-order valence-corrected chi connectivity index (χ4v) is 1.49. The standard InChI is InChI=1S/C13H19N3O3/c1-10(17)9-16(2)12(18)8-14-13(19)15-11-6-4-3-5-7-11/h3-7,10,17H,8-9H2,1-2H3,(H2,14,15,19). The number of carbonyl (C=O) groups is 2. The van der Waals surface area contributed by atoms with Crippen molar-refractivity contribution in [1.29, 1.82) is 0 Å². The van der Waals surface area contributed by atoms with Crippen molar-refractivity contribution in [1.82, 2.24) is 10.2 Å². The third-order valence-electron chi connectivity index (χ3n) is 2.40. The van der Waals surface area contributed by atoms with Crippen LogP contribution in [0.2, 0.25) is 0 Å². The number of urea groups is 1. The fraction of sp³-hybridized carbons (Fsp3) is 0.385. The molecule has 0 aromatic heterocycles. The van der Waals surface area contributed by atoms with Crippen LogP contribution >= 0.6 is 0 Å². The summed E-state index contributed by atoms with van der Waals surface area (Å²) in [6.07, 6.45) is -0.591. The maximum absolute atomic E-state index is 11.6. The second-order valence-electron chi connectivity index (χ2n) is 4.30. The summed E-state index contributed by atoms with van der Waals surface area (Å²) in [6.45, 7) is 1.72. The van der Waals surface area contributed by atoms with Gasteiger partial charge in [0.15, 0.2) is 0 Å². The highest BCUT2D eigenvalue weighted by Crippen LogP contribution is 2.03. The first-order valence-corrected chi connectivity index (χ1v) is 6.01. The van der Waals surface area contributed by atoms with E-state index in [0.717, 1.165) is 0 Å². The van der Waals surface area contributed by atoms with Crippen molar-refractivity contribution in [3.8, 4) is 0 Å². The van der Waals surface area contributed by atoms with Gasteiger partial charge in [0.25, 0.3) is 0 Å². The Morgan fingerprint density at radius 3 is 2.53 bits per heavy atom. The molecule has 0 fully saturated rings. The normalized spacial score (nSPS) is 11.5. The Labute approximate surface area is 112 Å². The van der Waals surface area contributed by atoms with Crippen molar-refractivity contribution in [2.45, 2.75) is 13.0 Å². The van der Waals surface area contributed by atoms with Crippen LogP contribution in [0.1, 0.15) is 6.92 Å². The first-order chi connectivity index (χ1) is 8.99. The van der Waals surface area contributed by atoms with Gasteiger partial charge in [0.2, 0.25) is 5.91 Å². The number of nitrogens with one attached hydrogen (secondary N) is 2. The van der Waals surface area contributed by atoms with E-state index in [-0.39, 0.29) is 19.0 Å². The van der Waals surface area contributed by atoms with E-state index in [1.807, 2.05) is 6.07 Å². The molecule has 0 saturated heterocycles. The molecule has 3 amide bonds. The molecular weight excluding hydrogens is 246 g/mol. The molecule has 0 aliphatic heterocycles. The predicted octanol–water partition coefficient (Wildman–Crippen LogP) is 0.647. The predicted molar refractivity (Wildman–Crippen MR) is 72.8 cm³/mol. The zero-order chi connectivity index (χ0) is 14.3. The van der Waals surface area contributed by atoms with Crippen molar-refractivity contribution in [2.24, 2.45) is 0 Å². The monoisotopic (exact) mass is 265 g/mol. The number of nitrogens with zero attached hydrogens (tertiary/aromatic N) is 1. The molecule has 1 rings (SSSR count). The Morgan fingerprint density at radius 1 is 1.32 bits per heavy atom. The van der Waals surface area contributed by atoms with E-state index in [1.54, 1.807) is 38.2 Å². The van der Waals surface area contributed by atoms with E-state index in [2.05, 4.69) is 10.6 Å². The molecule has 0 heterocycles. The van der Waals surface area contributed by atoms with Gasteiger partial charge in [-0.2, -0.15) is 0 Å². The van der Waals surface area contributed by atoms with Gasteiger partial charge in [0.05, 0.1) is 12.6 Å². The molecule has 1 aromatic rings. The lowest BCUT2D eigenvalue weighted by Crippen LogP contribution is -2.42. The summed E-state index contributed by atoms with van der Waals surface area (Å²) in [5, 5.41) is 14.2. The van der Waals surface area contributed by atoms with Crippen LogP contribution in [0.3, 0.4) is 0 Å². The molecule has 19 heavy (non-hydrogen) atoms. The Kier molecular flexibility index (Phi) is 5.81. The minimum absolute atomic E-state index is 0.109. The van der Waals surface area contributed by atoms with Gasteiger partial charge in [-0.1, -0.05) is 18.2 Å². The number of carbonyl (C=O) groups excluding carboxylic acids is 2. The van der Waals surface area contributed by atoms with Gasteiger partial charge in [0, 0.05) is 19.3 Å². The summed E-state index contributed by atoms with van der Waals surface area (Å²) >= 11 is 0. The Bertz CT molecular complexity index is 420. The summed E-state index contributed by atoms with van der Waals surface area (Å²) in [5.41, 5.74) is 0.657. The Hall–Kier alpha value is -2.08. The molecule has 1 aromatic carbocycles. The second-order valence-corrected chi connectivity index (χ2v) is 4.30. The minimum Gasteiger partial charge on any atom is -0.392 e. The lowest BCUT2D eigenvalue weighted by atomic mass is 10.3. The van der Waals surface area contributed by atoms with Gasteiger partial charge < -0.3 is 20.6 Å². The second kappa shape index (κ2) is 7.38. The van der Waals surface area contributed by atoms with Crippen LogP contribution in [-0.2, 0) is 4.79 Å². The summed E-state index contributed by atoms with van der Waals surface area (Å²) in [7, 11) is 1.58. The zero-order valence-electron chi connectivity index (χ0n) is 11.1. The number of aliphatic hydroxyl groups is 1. The molecule has 0 aliphatic carbocycles. The highest BCUT2D eigenvalue weighted by Gasteiger charge is 2.11. The van der Waals surface area contributed by atoms with E-state index in [4.69, 9.17) is 5.11 Å². The molecule has 6 heteroatoms. The van der Waals surface area contributed by atoms with Crippen molar-refractivity contribution in [3.05, 3.63) is 30.3 Å². The number of hydrogen-bond acceptors (Lipinski definition) is 3. The van der Waals surface area contributed by atoms with Gasteiger partial charge in [-0.05, 0) is 19.1 Å². The number of anilines is 1. The van der Waals surface area contributed by atoms with Crippen LogP contribution in [0.25, 0.3) is 0 Å². The number of amides is 3. The summed E-state index contributed by atoms with van der Waals surface area (Å²) in [5.74, 6) is -0.260. The number of benzene rings is 1. The van der Waals surface area contributed by atoms with Gasteiger partial charge in [0.1, 0.15) is 0 Å². The van der Waals surface area contributed by atoms with E-state index in [0.29, 0.717) is 5.69 Å². The summed E-state index contributed by atoms with van der Waals surface area (Å²) in [6, 6.07) is 8.51. The van der Waals surface area contributed by atoms with Gasteiger partial charge in [-0.3, -0.25) is 4.79 Å². The van der Waals surface area contributed by atoms with Crippen molar-refractivity contribution < 1.29 is 14.7 Å². The molecule has 6 nitrogen and oxygen atoms in total. The Balaban J connectivity index is 2.32. The molecule has 1 atom stereocenters. The molecule has 3 N–H and O–H groups in total.